The highest BCUT2D eigenvalue weighted by Gasteiger charge is 2.37. The van der Waals surface area contributed by atoms with Crippen molar-refractivity contribution in [3.8, 4) is 12.3 Å². The SMILES string of the molecule is C#CCNS(=O)(=O)c1ccc(C(=O)N(Cc2ccc(C3CC3C)o2)C2CC2)cc1. The molecule has 0 spiro atoms. The minimum atomic E-state index is -3.67. The van der Waals surface area contributed by atoms with Crippen LogP contribution in [-0.2, 0) is 16.6 Å². The molecular formula is C22H24N2O4S. The number of rotatable bonds is 8. The van der Waals surface area contributed by atoms with Crippen LogP contribution >= 0.6 is 0 Å². The maximum absolute atomic E-state index is 13.1. The van der Waals surface area contributed by atoms with Crippen molar-refractivity contribution in [2.75, 3.05) is 6.54 Å². The first-order valence-corrected chi connectivity index (χ1v) is 11.3. The third-order valence-electron chi connectivity index (χ3n) is 5.51. The Morgan fingerprint density at radius 2 is 1.93 bits per heavy atom. The summed E-state index contributed by atoms with van der Waals surface area (Å²) in [5.41, 5.74) is 0.454. The Labute approximate surface area is 171 Å². The van der Waals surface area contributed by atoms with Crippen LogP contribution in [0.15, 0.2) is 45.7 Å². The molecule has 1 aromatic heterocycles. The van der Waals surface area contributed by atoms with Crippen molar-refractivity contribution < 1.29 is 17.6 Å². The molecule has 2 saturated carbocycles. The third kappa shape index (κ3) is 4.39. The molecule has 6 nitrogen and oxygen atoms in total. The fourth-order valence-electron chi connectivity index (χ4n) is 3.48. The molecule has 1 heterocycles. The summed E-state index contributed by atoms with van der Waals surface area (Å²) in [6, 6.07) is 10.1. The second kappa shape index (κ2) is 7.69. The molecule has 4 rings (SSSR count). The molecule has 2 fully saturated rings. The predicted octanol–water partition coefficient (Wildman–Crippen LogP) is 3.12. The molecule has 2 aliphatic carbocycles. The van der Waals surface area contributed by atoms with Crippen LogP contribution in [0, 0.1) is 18.3 Å². The van der Waals surface area contributed by atoms with Crippen LogP contribution in [0.5, 0.6) is 0 Å². The minimum absolute atomic E-state index is 0.0801. The zero-order chi connectivity index (χ0) is 20.6. The number of nitrogens with one attached hydrogen (secondary N) is 1. The first-order chi connectivity index (χ1) is 13.9. The van der Waals surface area contributed by atoms with E-state index >= 15 is 0 Å². The highest BCUT2D eigenvalue weighted by Crippen LogP contribution is 2.47. The molecule has 1 N–H and O–H groups in total. The maximum Gasteiger partial charge on any atom is 0.254 e. The van der Waals surface area contributed by atoms with Crippen molar-refractivity contribution >= 4 is 15.9 Å². The lowest BCUT2D eigenvalue weighted by molar-refractivity contribution is 0.0716. The van der Waals surface area contributed by atoms with Gasteiger partial charge in [-0.05, 0) is 61.6 Å². The first-order valence-electron chi connectivity index (χ1n) is 9.82. The Balaban J connectivity index is 1.47. The summed E-state index contributed by atoms with van der Waals surface area (Å²) < 4.78 is 32.6. The summed E-state index contributed by atoms with van der Waals surface area (Å²) in [7, 11) is -3.67. The highest BCUT2D eigenvalue weighted by atomic mass is 32.2. The maximum atomic E-state index is 13.1. The van der Waals surface area contributed by atoms with E-state index in [1.807, 2.05) is 17.0 Å². The number of benzene rings is 1. The molecule has 7 heteroatoms. The Morgan fingerprint density at radius 3 is 2.52 bits per heavy atom. The van der Waals surface area contributed by atoms with Crippen molar-refractivity contribution in [2.24, 2.45) is 5.92 Å². The summed E-state index contributed by atoms with van der Waals surface area (Å²) in [5.74, 6) is 5.08. The molecule has 2 aromatic rings. The van der Waals surface area contributed by atoms with Gasteiger partial charge in [-0.3, -0.25) is 4.79 Å². The zero-order valence-electron chi connectivity index (χ0n) is 16.3. The van der Waals surface area contributed by atoms with E-state index in [9.17, 15) is 13.2 Å². The smallest absolute Gasteiger partial charge is 0.254 e. The van der Waals surface area contributed by atoms with Gasteiger partial charge in [0.1, 0.15) is 11.5 Å². The van der Waals surface area contributed by atoms with E-state index in [0.29, 0.717) is 23.9 Å². The standard InChI is InChI=1S/C22H24N2O4S/c1-3-12-23-29(26,27)19-9-4-16(5-10-19)22(25)24(17-6-7-17)14-18-8-11-21(28-18)20-13-15(20)2/h1,4-5,8-11,15,17,20,23H,6-7,12-14H2,2H3. The summed E-state index contributed by atoms with van der Waals surface area (Å²) in [5, 5.41) is 0. The van der Waals surface area contributed by atoms with Gasteiger partial charge in [0.2, 0.25) is 10.0 Å². The van der Waals surface area contributed by atoms with Crippen LogP contribution in [0.4, 0.5) is 0 Å². The van der Waals surface area contributed by atoms with Crippen molar-refractivity contribution in [1.82, 2.24) is 9.62 Å². The van der Waals surface area contributed by atoms with Crippen molar-refractivity contribution in [3.63, 3.8) is 0 Å². The van der Waals surface area contributed by atoms with E-state index in [4.69, 9.17) is 10.8 Å². The van der Waals surface area contributed by atoms with E-state index in [2.05, 4.69) is 17.6 Å². The average Bonchev–Trinajstić information content (AvgIpc) is 3.64. The predicted molar refractivity (Wildman–Crippen MR) is 109 cm³/mol. The Bertz CT molecular complexity index is 1050. The molecule has 152 valence electrons. The van der Waals surface area contributed by atoms with Crippen LogP contribution in [-0.4, -0.2) is 31.8 Å². The number of amides is 1. The van der Waals surface area contributed by atoms with Gasteiger partial charge in [-0.2, -0.15) is 4.72 Å². The largest absolute Gasteiger partial charge is 0.464 e. The molecular weight excluding hydrogens is 388 g/mol. The molecule has 1 amide bonds. The summed E-state index contributed by atoms with van der Waals surface area (Å²) >= 11 is 0. The number of hydrogen-bond acceptors (Lipinski definition) is 4. The number of furan rings is 1. The molecule has 0 saturated heterocycles. The topological polar surface area (TPSA) is 79.6 Å². The molecule has 1 aromatic carbocycles. The fourth-order valence-corrected chi connectivity index (χ4v) is 4.42. The van der Waals surface area contributed by atoms with Gasteiger partial charge in [0.05, 0.1) is 18.0 Å². The summed E-state index contributed by atoms with van der Waals surface area (Å²) in [6.07, 6.45) is 8.21. The van der Waals surface area contributed by atoms with E-state index in [1.54, 1.807) is 12.1 Å². The number of nitrogens with zero attached hydrogens (tertiary/aromatic N) is 1. The van der Waals surface area contributed by atoms with Crippen LogP contribution in [0.25, 0.3) is 0 Å². The van der Waals surface area contributed by atoms with Gasteiger partial charge >= 0.3 is 0 Å². The van der Waals surface area contributed by atoms with Gasteiger partial charge < -0.3 is 9.32 Å². The molecule has 2 aliphatic rings. The van der Waals surface area contributed by atoms with E-state index in [1.165, 1.54) is 12.1 Å². The monoisotopic (exact) mass is 412 g/mol. The van der Waals surface area contributed by atoms with Crippen LogP contribution in [0.3, 0.4) is 0 Å². The van der Waals surface area contributed by atoms with Gasteiger partial charge in [-0.1, -0.05) is 12.8 Å². The molecule has 0 bridgehead atoms. The number of sulfonamides is 1. The lowest BCUT2D eigenvalue weighted by Gasteiger charge is -2.21. The summed E-state index contributed by atoms with van der Waals surface area (Å²) in [6.45, 7) is 2.55. The van der Waals surface area contributed by atoms with Crippen LogP contribution in [0.1, 0.15) is 54.0 Å². The minimum Gasteiger partial charge on any atom is -0.464 e. The van der Waals surface area contributed by atoms with Gasteiger partial charge in [0.15, 0.2) is 0 Å². The van der Waals surface area contributed by atoms with Crippen LogP contribution in [0.2, 0.25) is 0 Å². The van der Waals surface area contributed by atoms with Crippen molar-refractivity contribution in [3.05, 3.63) is 53.5 Å². The molecule has 0 radical (unpaired) electrons. The van der Waals surface area contributed by atoms with Crippen LogP contribution < -0.4 is 4.72 Å². The number of carbonyl (C=O) groups excluding carboxylic acids is 1. The number of terminal acetylenes is 1. The summed E-state index contributed by atoms with van der Waals surface area (Å²) in [4.78, 5) is 15.0. The lowest BCUT2D eigenvalue weighted by atomic mass is 10.2. The zero-order valence-corrected chi connectivity index (χ0v) is 17.1. The van der Waals surface area contributed by atoms with Gasteiger partial charge in [-0.15, -0.1) is 6.42 Å². The third-order valence-corrected chi connectivity index (χ3v) is 6.93. The molecule has 2 atom stereocenters. The quantitative estimate of drug-likeness (QED) is 0.676. The van der Waals surface area contributed by atoms with E-state index < -0.39 is 10.0 Å². The van der Waals surface area contributed by atoms with Gasteiger partial charge in [-0.25, -0.2) is 8.42 Å². The van der Waals surface area contributed by atoms with Gasteiger partial charge in [0.25, 0.3) is 5.91 Å². The molecule has 2 unspecified atom stereocenters. The van der Waals surface area contributed by atoms with E-state index in [-0.39, 0.29) is 23.4 Å². The number of hydrogen-bond donors (Lipinski definition) is 1. The first kappa shape index (κ1) is 19.7. The second-order valence-electron chi connectivity index (χ2n) is 7.84. The van der Waals surface area contributed by atoms with Crippen molar-refractivity contribution in [1.29, 1.82) is 0 Å². The highest BCUT2D eigenvalue weighted by molar-refractivity contribution is 7.89. The molecule has 29 heavy (non-hydrogen) atoms. The Kier molecular flexibility index (Phi) is 5.24. The second-order valence-corrected chi connectivity index (χ2v) is 9.61. The lowest BCUT2D eigenvalue weighted by Crippen LogP contribution is -2.32. The fraction of sp³-hybridized carbons (Fsp3) is 0.409. The Hall–Kier alpha value is -2.56. The van der Waals surface area contributed by atoms with E-state index in [0.717, 1.165) is 30.8 Å². The van der Waals surface area contributed by atoms with Gasteiger partial charge in [0, 0.05) is 17.5 Å². The van der Waals surface area contributed by atoms with Crippen molar-refractivity contribution in [2.45, 2.75) is 49.6 Å². The Morgan fingerprint density at radius 1 is 1.24 bits per heavy atom. The normalized spacial score (nSPS) is 20.8. The molecule has 0 aliphatic heterocycles. The number of carbonyl (C=O) groups is 1. The average molecular weight is 413 g/mol.